The molecule has 0 aliphatic carbocycles. The first-order chi connectivity index (χ1) is 8.20. The number of hydrogen-bond acceptors (Lipinski definition) is 6. The third-order valence-electron chi connectivity index (χ3n) is 2.15. The number of hydrogen-bond donors (Lipinski definition) is 1. The number of nitro benzene ring substituents is 1. The van der Waals surface area contributed by atoms with Gasteiger partial charge in [0.25, 0.3) is 5.69 Å². The Kier molecular flexibility index (Phi) is 3.40. The second kappa shape index (κ2) is 4.98. The molecule has 0 spiro atoms. The van der Waals surface area contributed by atoms with Crippen LogP contribution in [0.4, 0.5) is 5.69 Å². The predicted octanol–water partition coefficient (Wildman–Crippen LogP) is 1.61. The first-order valence-corrected chi connectivity index (χ1v) is 5.79. The minimum Gasteiger partial charge on any atom is -0.330 e. The SMILES string of the molecule is NCCc1nnc(-c2ccc([N+](=O)[O-])cc2)s1. The zero-order valence-corrected chi connectivity index (χ0v) is 9.68. The van der Waals surface area contributed by atoms with Gasteiger partial charge in [0.05, 0.1) is 4.92 Å². The summed E-state index contributed by atoms with van der Waals surface area (Å²) in [6.45, 7) is 0.537. The molecule has 6 nitrogen and oxygen atoms in total. The van der Waals surface area contributed by atoms with E-state index in [-0.39, 0.29) is 5.69 Å². The van der Waals surface area contributed by atoms with Crippen LogP contribution in [0, 0.1) is 10.1 Å². The van der Waals surface area contributed by atoms with E-state index in [2.05, 4.69) is 10.2 Å². The number of nitro groups is 1. The lowest BCUT2D eigenvalue weighted by atomic mass is 10.2. The monoisotopic (exact) mass is 250 g/mol. The zero-order chi connectivity index (χ0) is 12.3. The maximum absolute atomic E-state index is 10.5. The van der Waals surface area contributed by atoms with E-state index in [0.29, 0.717) is 13.0 Å². The van der Waals surface area contributed by atoms with Gasteiger partial charge in [-0.3, -0.25) is 10.1 Å². The zero-order valence-electron chi connectivity index (χ0n) is 8.87. The Bertz CT molecular complexity index is 523. The summed E-state index contributed by atoms with van der Waals surface area (Å²) in [7, 11) is 0. The number of rotatable bonds is 4. The van der Waals surface area contributed by atoms with E-state index in [1.807, 2.05) is 0 Å². The molecule has 0 fully saturated rings. The van der Waals surface area contributed by atoms with E-state index >= 15 is 0 Å². The first kappa shape index (κ1) is 11.6. The van der Waals surface area contributed by atoms with Gasteiger partial charge in [-0.25, -0.2) is 0 Å². The van der Waals surface area contributed by atoms with Gasteiger partial charge in [-0.1, -0.05) is 11.3 Å². The summed E-state index contributed by atoms with van der Waals surface area (Å²) in [4.78, 5) is 10.1. The topological polar surface area (TPSA) is 94.9 Å². The summed E-state index contributed by atoms with van der Waals surface area (Å²) in [6.07, 6.45) is 0.699. The normalized spacial score (nSPS) is 10.4. The molecule has 88 valence electrons. The van der Waals surface area contributed by atoms with Gasteiger partial charge in [-0.2, -0.15) is 0 Å². The molecule has 1 heterocycles. The van der Waals surface area contributed by atoms with Crippen molar-refractivity contribution in [2.24, 2.45) is 5.73 Å². The molecule has 0 aliphatic rings. The Hall–Kier alpha value is -1.86. The van der Waals surface area contributed by atoms with E-state index in [1.54, 1.807) is 12.1 Å². The highest BCUT2D eigenvalue weighted by molar-refractivity contribution is 7.14. The van der Waals surface area contributed by atoms with Crippen LogP contribution in [0.15, 0.2) is 24.3 Å². The van der Waals surface area contributed by atoms with Crippen molar-refractivity contribution in [3.05, 3.63) is 39.4 Å². The van der Waals surface area contributed by atoms with Crippen LogP contribution in [-0.4, -0.2) is 21.7 Å². The lowest BCUT2D eigenvalue weighted by Crippen LogP contribution is -2.01. The maximum Gasteiger partial charge on any atom is 0.269 e. The second-order valence-electron chi connectivity index (χ2n) is 3.34. The van der Waals surface area contributed by atoms with Crippen LogP contribution < -0.4 is 5.73 Å². The fraction of sp³-hybridized carbons (Fsp3) is 0.200. The highest BCUT2D eigenvalue weighted by atomic mass is 32.1. The van der Waals surface area contributed by atoms with Crippen molar-refractivity contribution < 1.29 is 4.92 Å². The summed E-state index contributed by atoms with van der Waals surface area (Å²) in [5.74, 6) is 0. The Balaban J connectivity index is 2.23. The summed E-state index contributed by atoms with van der Waals surface area (Å²) >= 11 is 1.45. The highest BCUT2D eigenvalue weighted by Gasteiger charge is 2.09. The molecule has 0 atom stereocenters. The minimum atomic E-state index is -0.427. The number of nitrogens with two attached hydrogens (primary N) is 1. The summed E-state index contributed by atoms with van der Waals surface area (Å²) < 4.78 is 0. The molecule has 0 radical (unpaired) electrons. The third-order valence-corrected chi connectivity index (χ3v) is 3.18. The van der Waals surface area contributed by atoms with Gasteiger partial charge >= 0.3 is 0 Å². The molecular formula is C10H10N4O2S. The number of benzene rings is 1. The Morgan fingerprint density at radius 1 is 1.29 bits per heavy atom. The Labute approximate surface area is 101 Å². The smallest absolute Gasteiger partial charge is 0.269 e. The molecule has 0 amide bonds. The van der Waals surface area contributed by atoms with Gasteiger partial charge in [-0.05, 0) is 18.7 Å². The quantitative estimate of drug-likeness (QED) is 0.657. The van der Waals surface area contributed by atoms with Crippen LogP contribution in [0.2, 0.25) is 0 Å². The summed E-state index contributed by atoms with van der Waals surface area (Å²) in [5, 5.41) is 20.2. The van der Waals surface area contributed by atoms with E-state index in [9.17, 15) is 10.1 Å². The van der Waals surface area contributed by atoms with E-state index in [4.69, 9.17) is 5.73 Å². The van der Waals surface area contributed by atoms with Crippen molar-refractivity contribution in [3.8, 4) is 10.6 Å². The van der Waals surface area contributed by atoms with Gasteiger partial charge in [-0.15, -0.1) is 10.2 Å². The lowest BCUT2D eigenvalue weighted by Gasteiger charge is -1.94. The number of aromatic nitrogens is 2. The van der Waals surface area contributed by atoms with Crippen molar-refractivity contribution >= 4 is 17.0 Å². The number of nitrogens with zero attached hydrogens (tertiary/aromatic N) is 3. The third kappa shape index (κ3) is 2.63. The molecule has 7 heteroatoms. The largest absolute Gasteiger partial charge is 0.330 e. The van der Waals surface area contributed by atoms with E-state index in [1.165, 1.54) is 23.5 Å². The fourth-order valence-corrected chi connectivity index (χ4v) is 2.18. The molecular weight excluding hydrogens is 240 g/mol. The molecule has 17 heavy (non-hydrogen) atoms. The molecule has 2 N–H and O–H groups in total. The Morgan fingerprint density at radius 2 is 2.00 bits per heavy atom. The van der Waals surface area contributed by atoms with Crippen LogP contribution in [0.25, 0.3) is 10.6 Å². The highest BCUT2D eigenvalue weighted by Crippen LogP contribution is 2.25. The Morgan fingerprint density at radius 3 is 2.59 bits per heavy atom. The molecule has 0 saturated carbocycles. The average molecular weight is 250 g/mol. The van der Waals surface area contributed by atoms with E-state index in [0.717, 1.165) is 15.6 Å². The minimum absolute atomic E-state index is 0.0699. The molecule has 0 aliphatic heterocycles. The van der Waals surface area contributed by atoms with Crippen molar-refractivity contribution in [3.63, 3.8) is 0 Å². The average Bonchev–Trinajstić information content (AvgIpc) is 2.78. The van der Waals surface area contributed by atoms with Crippen molar-refractivity contribution in [1.29, 1.82) is 0 Å². The molecule has 0 unspecified atom stereocenters. The number of non-ortho nitro benzene ring substituents is 1. The van der Waals surface area contributed by atoms with Gasteiger partial charge in [0, 0.05) is 24.1 Å². The van der Waals surface area contributed by atoms with Crippen LogP contribution in [0.1, 0.15) is 5.01 Å². The molecule has 1 aromatic heterocycles. The van der Waals surface area contributed by atoms with Crippen LogP contribution in [0.3, 0.4) is 0 Å². The molecule has 1 aromatic carbocycles. The standard InChI is InChI=1S/C10H10N4O2S/c11-6-5-9-12-13-10(17-9)7-1-3-8(4-2-7)14(15)16/h1-4H,5-6,11H2. The van der Waals surface area contributed by atoms with Gasteiger partial charge < -0.3 is 5.73 Å². The molecule has 0 saturated heterocycles. The summed E-state index contributed by atoms with van der Waals surface area (Å²) in [6, 6.07) is 6.26. The van der Waals surface area contributed by atoms with Crippen molar-refractivity contribution in [2.75, 3.05) is 6.54 Å². The van der Waals surface area contributed by atoms with Crippen molar-refractivity contribution in [2.45, 2.75) is 6.42 Å². The lowest BCUT2D eigenvalue weighted by molar-refractivity contribution is -0.384. The predicted molar refractivity (Wildman–Crippen MR) is 64.8 cm³/mol. The van der Waals surface area contributed by atoms with Crippen LogP contribution in [-0.2, 0) is 6.42 Å². The molecule has 2 aromatic rings. The van der Waals surface area contributed by atoms with Gasteiger partial charge in [0.1, 0.15) is 10.0 Å². The fourth-order valence-electron chi connectivity index (χ4n) is 1.32. The maximum atomic E-state index is 10.5. The molecule has 0 bridgehead atoms. The van der Waals surface area contributed by atoms with E-state index < -0.39 is 4.92 Å². The second-order valence-corrected chi connectivity index (χ2v) is 4.41. The van der Waals surface area contributed by atoms with Crippen molar-refractivity contribution in [1.82, 2.24) is 10.2 Å². The van der Waals surface area contributed by atoms with Crippen LogP contribution in [0.5, 0.6) is 0 Å². The first-order valence-electron chi connectivity index (χ1n) is 4.98. The molecule has 2 rings (SSSR count). The summed E-state index contributed by atoms with van der Waals surface area (Å²) in [5.41, 5.74) is 6.33. The van der Waals surface area contributed by atoms with Crippen LogP contribution >= 0.6 is 11.3 Å². The van der Waals surface area contributed by atoms with Gasteiger partial charge in [0.15, 0.2) is 0 Å². The van der Waals surface area contributed by atoms with Gasteiger partial charge in [0.2, 0.25) is 0 Å².